The number of nitrogens with one attached hydrogen (secondary N) is 2. The first kappa shape index (κ1) is 15.9. The van der Waals surface area contributed by atoms with Gasteiger partial charge in [0.05, 0.1) is 16.4 Å². The maximum Gasteiger partial charge on any atom is 0.242 e. The lowest BCUT2D eigenvalue weighted by atomic mass is 10.2. The third kappa shape index (κ3) is 3.59. The molecular weight excluding hydrogens is 333 g/mol. The highest BCUT2D eigenvalue weighted by Gasteiger charge is 2.15. The van der Waals surface area contributed by atoms with Gasteiger partial charge in [0, 0.05) is 10.7 Å². The van der Waals surface area contributed by atoms with Gasteiger partial charge in [0.15, 0.2) is 0 Å². The molecule has 8 heteroatoms. The molecule has 21 heavy (non-hydrogen) atoms. The van der Waals surface area contributed by atoms with Crippen LogP contribution in [0.25, 0.3) is 0 Å². The van der Waals surface area contributed by atoms with Crippen molar-refractivity contribution in [2.45, 2.75) is 4.90 Å². The summed E-state index contributed by atoms with van der Waals surface area (Å²) >= 11 is 12.0. The number of sulfonamides is 1. The molecule has 112 valence electrons. The van der Waals surface area contributed by atoms with E-state index in [1.54, 1.807) is 24.3 Å². The summed E-state index contributed by atoms with van der Waals surface area (Å²) in [5, 5.41) is 4.06. The number of hydrogen-bond donors (Lipinski definition) is 3. The summed E-state index contributed by atoms with van der Waals surface area (Å²) in [4.78, 5) is 0.0211. The molecule has 2 aromatic rings. The summed E-state index contributed by atoms with van der Waals surface area (Å²) in [6.45, 7) is 0. The van der Waals surface area contributed by atoms with Gasteiger partial charge >= 0.3 is 0 Å². The molecule has 2 rings (SSSR count). The third-order valence-corrected chi connectivity index (χ3v) is 4.83. The zero-order chi connectivity index (χ0) is 15.6. The van der Waals surface area contributed by atoms with E-state index in [0.29, 0.717) is 21.4 Å². The average Bonchev–Trinajstić information content (AvgIpc) is 2.43. The highest BCUT2D eigenvalue weighted by molar-refractivity contribution is 7.89. The smallest absolute Gasteiger partial charge is 0.242 e. The Bertz CT molecular complexity index is 779. The van der Waals surface area contributed by atoms with Crippen LogP contribution in [0.3, 0.4) is 0 Å². The van der Waals surface area contributed by atoms with Gasteiger partial charge in [-0.25, -0.2) is 13.1 Å². The minimum Gasteiger partial charge on any atom is -0.398 e. The molecule has 0 atom stereocenters. The average molecular weight is 346 g/mol. The van der Waals surface area contributed by atoms with Gasteiger partial charge in [-0.1, -0.05) is 23.2 Å². The number of anilines is 3. The van der Waals surface area contributed by atoms with Gasteiger partial charge in [-0.3, -0.25) is 0 Å². The molecule has 0 aliphatic heterocycles. The summed E-state index contributed by atoms with van der Waals surface area (Å²) in [6.07, 6.45) is 0. The van der Waals surface area contributed by atoms with Gasteiger partial charge in [-0.2, -0.15) is 0 Å². The quantitative estimate of drug-likeness (QED) is 0.742. The van der Waals surface area contributed by atoms with Gasteiger partial charge in [-0.15, -0.1) is 0 Å². The second-order valence-corrected chi connectivity index (χ2v) is 6.91. The number of hydrogen-bond acceptors (Lipinski definition) is 4. The molecule has 0 fully saturated rings. The Kier molecular flexibility index (Phi) is 4.63. The number of halogens is 2. The van der Waals surface area contributed by atoms with Crippen LogP contribution in [0.1, 0.15) is 0 Å². The predicted molar refractivity (Wildman–Crippen MR) is 86.8 cm³/mol. The van der Waals surface area contributed by atoms with E-state index in [9.17, 15) is 8.42 Å². The minimum absolute atomic E-state index is 0.0211. The van der Waals surface area contributed by atoms with Gasteiger partial charge in [0.1, 0.15) is 4.90 Å². The van der Waals surface area contributed by atoms with Crippen LogP contribution in [0, 0.1) is 0 Å². The van der Waals surface area contributed by atoms with Gasteiger partial charge < -0.3 is 11.1 Å². The van der Waals surface area contributed by atoms with E-state index >= 15 is 0 Å². The molecule has 0 amide bonds. The first-order valence-corrected chi connectivity index (χ1v) is 8.12. The van der Waals surface area contributed by atoms with Crippen LogP contribution in [-0.4, -0.2) is 15.5 Å². The highest BCUT2D eigenvalue weighted by atomic mass is 35.5. The van der Waals surface area contributed by atoms with Crippen molar-refractivity contribution in [3.8, 4) is 0 Å². The molecule has 2 aromatic carbocycles. The third-order valence-electron chi connectivity index (χ3n) is 2.78. The fraction of sp³-hybridized carbons (Fsp3) is 0.0769. The Morgan fingerprint density at radius 3 is 2.43 bits per heavy atom. The molecule has 0 saturated carbocycles. The van der Waals surface area contributed by atoms with Crippen LogP contribution in [0.5, 0.6) is 0 Å². The van der Waals surface area contributed by atoms with Crippen molar-refractivity contribution in [2.24, 2.45) is 0 Å². The molecule has 0 aliphatic carbocycles. The fourth-order valence-corrected chi connectivity index (χ4v) is 2.90. The van der Waals surface area contributed by atoms with Gasteiger partial charge in [-0.05, 0) is 43.4 Å². The molecule has 0 aromatic heterocycles. The second kappa shape index (κ2) is 6.11. The lowest BCUT2D eigenvalue weighted by Crippen LogP contribution is -2.19. The molecule has 0 saturated heterocycles. The Balaban J connectivity index is 2.35. The molecule has 0 bridgehead atoms. The van der Waals surface area contributed by atoms with Gasteiger partial charge in [0.25, 0.3) is 0 Å². The SMILES string of the molecule is CNS(=O)(=O)c1ccc(Nc2cc(Cl)ccc2Cl)cc1N. The Labute approximate surface area is 133 Å². The van der Waals surface area contributed by atoms with Gasteiger partial charge in [0.2, 0.25) is 10.0 Å². The summed E-state index contributed by atoms with van der Waals surface area (Å²) in [7, 11) is -2.26. The summed E-state index contributed by atoms with van der Waals surface area (Å²) in [5.74, 6) is 0. The van der Waals surface area contributed by atoms with Crippen molar-refractivity contribution in [1.29, 1.82) is 0 Å². The largest absolute Gasteiger partial charge is 0.398 e. The molecular formula is C13H13Cl2N3O2S. The Hall–Kier alpha value is -1.47. The van der Waals surface area contributed by atoms with Crippen LogP contribution in [0.4, 0.5) is 17.1 Å². The lowest BCUT2D eigenvalue weighted by molar-refractivity contribution is 0.588. The molecule has 0 heterocycles. The van der Waals surface area contributed by atoms with Crippen molar-refractivity contribution >= 4 is 50.3 Å². The van der Waals surface area contributed by atoms with Crippen molar-refractivity contribution in [3.05, 3.63) is 46.4 Å². The number of rotatable bonds is 4. The predicted octanol–water partition coefficient (Wildman–Crippen LogP) is 3.23. The van der Waals surface area contributed by atoms with Crippen LogP contribution >= 0.6 is 23.2 Å². The highest BCUT2D eigenvalue weighted by Crippen LogP contribution is 2.30. The first-order chi connectivity index (χ1) is 9.83. The zero-order valence-electron chi connectivity index (χ0n) is 11.0. The lowest BCUT2D eigenvalue weighted by Gasteiger charge is -2.12. The van der Waals surface area contributed by atoms with Crippen LogP contribution in [-0.2, 0) is 10.0 Å². The topological polar surface area (TPSA) is 84.2 Å². The zero-order valence-corrected chi connectivity index (χ0v) is 13.4. The van der Waals surface area contributed by atoms with Crippen LogP contribution in [0.15, 0.2) is 41.3 Å². The number of nitrogens with two attached hydrogens (primary N) is 1. The monoisotopic (exact) mass is 345 g/mol. The minimum atomic E-state index is -3.58. The summed E-state index contributed by atoms with van der Waals surface area (Å²) in [6, 6.07) is 9.53. The van der Waals surface area contributed by atoms with E-state index in [0.717, 1.165) is 0 Å². The van der Waals surface area contributed by atoms with Crippen LogP contribution < -0.4 is 15.8 Å². The maximum absolute atomic E-state index is 11.7. The van der Waals surface area contributed by atoms with Crippen molar-refractivity contribution in [2.75, 3.05) is 18.1 Å². The molecule has 0 radical (unpaired) electrons. The second-order valence-electron chi connectivity index (χ2n) is 4.21. The first-order valence-electron chi connectivity index (χ1n) is 5.88. The van der Waals surface area contributed by atoms with E-state index in [4.69, 9.17) is 28.9 Å². The van der Waals surface area contributed by atoms with E-state index in [1.165, 1.54) is 19.2 Å². The molecule has 0 spiro atoms. The molecule has 0 unspecified atom stereocenters. The standard InChI is InChI=1S/C13H13Cl2N3O2S/c1-17-21(19,20)13-5-3-9(7-11(13)16)18-12-6-8(14)2-4-10(12)15/h2-7,17-18H,16H2,1H3. The Morgan fingerprint density at radius 2 is 1.81 bits per heavy atom. The summed E-state index contributed by atoms with van der Waals surface area (Å²) < 4.78 is 25.7. The van der Waals surface area contributed by atoms with E-state index < -0.39 is 10.0 Å². The van der Waals surface area contributed by atoms with E-state index in [-0.39, 0.29) is 10.6 Å². The van der Waals surface area contributed by atoms with Crippen LogP contribution in [0.2, 0.25) is 10.0 Å². The van der Waals surface area contributed by atoms with Crippen molar-refractivity contribution < 1.29 is 8.42 Å². The molecule has 4 N–H and O–H groups in total. The molecule has 0 aliphatic rings. The van der Waals surface area contributed by atoms with Crippen molar-refractivity contribution in [3.63, 3.8) is 0 Å². The Morgan fingerprint density at radius 1 is 1.10 bits per heavy atom. The van der Waals surface area contributed by atoms with E-state index in [2.05, 4.69) is 10.0 Å². The fourth-order valence-electron chi connectivity index (χ4n) is 1.73. The van der Waals surface area contributed by atoms with E-state index in [1.807, 2.05) is 0 Å². The normalized spacial score (nSPS) is 11.4. The summed E-state index contributed by atoms with van der Waals surface area (Å²) in [5.41, 5.74) is 7.13. The van der Waals surface area contributed by atoms with Crippen molar-refractivity contribution in [1.82, 2.24) is 4.72 Å². The maximum atomic E-state index is 11.7. The number of benzene rings is 2. The molecule has 5 nitrogen and oxygen atoms in total. The number of nitrogen functional groups attached to an aromatic ring is 1.